The summed E-state index contributed by atoms with van der Waals surface area (Å²) in [5.74, 6) is 0.299. The summed E-state index contributed by atoms with van der Waals surface area (Å²) in [4.78, 5) is 20.6. The minimum atomic E-state index is -0.306. The van der Waals surface area contributed by atoms with Crippen LogP contribution >= 0.6 is 11.3 Å². The fourth-order valence-electron chi connectivity index (χ4n) is 2.64. The molecule has 1 heterocycles. The van der Waals surface area contributed by atoms with Crippen molar-refractivity contribution in [2.75, 3.05) is 38.7 Å². The minimum Gasteiger partial charge on any atom is -0.494 e. The van der Waals surface area contributed by atoms with Crippen LogP contribution in [-0.2, 0) is 0 Å². The molecule has 0 atom stereocenters. The number of likely N-dealkylation sites (N-methyl/N-ethyl adjacent to an activating group) is 1. The lowest BCUT2D eigenvalue weighted by molar-refractivity contribution is -0.856. The molecule has 0 fully saturated rings. The van der Waals surface area contributed by atoms with E-state index in [-0.39, 0.29) is 11.7 Å². The van der Waals surface area contributed by atoms with Gasteiger partial charge in [0.25, 0.3) is 5.91 Å². The van der Waals surface area contributed by atoms with Gasteiger partial charge < -0.3 is 9.64 Å². The largest absolute Gasteiger partial charge is 0.494 e. The van der Waals surface area contributed by atoms with Crippen molar-refractivity contribution in [1.82, 2.24) is 4.98 Å². The highest BCUT2D eigenvalue weighted by atomic mass is 32.1. The highest BCUT2D eigenvalue weighted by molar-refractivity contribution is 7.22. The number of halogens is 1. The first-order valence-electron chi connectivity index (χ1n) is 8.87. The van der Waals surface area contributed by atoms with Crippen LogP contribution in [-0.4, -0.2) is 44.7 Å². The Morgan fingerprint density at radius 2 is 1.96 bits per heavy atom. The Hall–Kier alpha value is -2.51. The number of benzene rings is 2. The summed E-state index contributed by atoms with van der Waals surface area (Å²) < 4.78 is 19.7. The van der Waals surface area contributed by atoms with E-state index < -0.39 is 0 Å². The average molecular weight is 388 g/mol. The van der Waals surface area contributed by atoms with E-state index in [4.69, 9.17) is 4.74 Å². The van der Waals surface area contributed by atoms with Crippen LogP contribution < -0.4 is 14.5 Å². The molecule has 0 radical (unpaired) electrons. The molecule has 0 aliphatic heterocycles. The van der Waals surface area contributed by atoms with Gasteiger partial charge in [-0.15, -0.1) is 0 Å². The molecule has 0 aliphatic carbocycles. The fraction of sp³-hybridized carbons (Fsp3) is 0.300. The molecule has 0 unspecified atom stereocenters. The lowest BCUT2D eigenvalue weighted by Crippen LogP contribution is -3.06. The van der Waals surface area contributed by atoms with Crippen LogP contribution in [0.2, 0.25) is 0 Å². The summed E-state index contributed by atoms with van der Waals surface area (Å²) in [5.41, 5.74) is 1.26. The lowest BCUT2D eigenvalue weighted by Gasteiger charge is -2.20. The molecule has 3 aromatic rings. The lowest BCUT2D eigenvalue weighted by atomic mass is 10.2. The van der Waals surface area contributed by atoms with Crippen molar-refractivity contribution >= 4 is 32.6 Å². The van der Waals surface area contributed by atoms with Crippen molar-refractivity contribution in [3.63, 3.8) is 0 Å². The Balaban J connectivity index is 1.92. The van der Waals surface area contributed by atoms with Crippen LogP contribution in [0.5, 0.6) is 5.75 Å². The van der Waals surface area contributed by atoms with E-state index in [2.05, 4.69) is 4.98 Å². The number of hydrogen-bond acceptors (Lipinski definition) is 4. The summed E-state index contributed by atoms with van der Waals surface area (Å²) in [6, 6.07) is 11.6. The van der Waals surface area contributed by atoms with Gasteiger partial charge in [-0.25, -0.2) is 9.37 Å². The third kappa shape index (κ3) is 4.61. The number of rotatable bonds is 7. The van der Waals surface area contributed by atoms with Crippen LogP contribution in [0.25, 0.3) is 10.2 Å². The number of nitrogens with zero attached hydrogens (tertiary/aromatic N) is 2. The first-order chi connectivity index (χ1) is 13.0. The molecular weight excluding hydrogens is 365 g/mol. The number of quaternary nitrogens is 1. The van der Waals surface area contributed by atoms with E-state index in [1.165, 1.54) is 28.4 Å². The normalized spacial score (nSPS) is 11.1. The van der Waals surface area contributed by atoms with E-state index >= 15 is 0 Å². The van der Waals surface area contributed by atoms with Crippen LogP contribution in [0.15, 0.2) is 42.5 Å². The number of nitrogens with one attached hydrogen (secondary N) is 1. The van der Waals surface area contributed by atoms with Gasteiger partial charge in [-0.05, 0) is 49.4 Å². The van der Waals surface area contributed by atoms with Crippen molar-refractivity contribution in [2.24, 2.45) is 0 Å². The van der Waals surface area contributed by atoms with E-state index in [0.29, 0.717) is 29.4 Å². The number of anilines is 1. The van der Waals surface area contributed by atoms with Gasteiger partial charge in [-0.3, -0.25) is 9.69 Å². The second-order valence-electron chi connectivity index (χ2n) is 6.48. The molecule has 0 saturated heterocycles. The number of carbonyl (C=O) groups excluding carboxylic acids is 1. The molecule has 27 heavy (non-hydrogen) atoms. The topological polar surface area (TPSA) is 46.9 Å². The monoisotopic (exact) mass is 388 g/mol. The van der Waals surface area contributed by atoms with Crippen LogP contribution in [0.1, 0.15) is 17.3 Å². The first kappa shape index (κ1) is 19.3. The van der Waals surface area contributed by atoms with Gasteiger partial charge in [-0.1, -0.05) is 11.3 Å². The highest BCUT2D eigenvalue weighted by Crippen LogP contribution is 2.30. The molecule has 0 aliphatic rings. The Morgan fingerprint density at radius 3 is 2.63 bits per heavy atom. The maximum atomic E-state index is 13.5. The number of fused-ring (bicyclic) bond motifs is 1. The van der Waals surface area contributed by atoms with Crippen molar-refractivity contribution < 1.29 is 18.8 Å². The Bertz CT molecular complexity index is 925. The molecule has 1 aromatic heterocycles. The summed E-state index contributed by atoms with van der Waals surface area (Å²) in [6.45, 7) is 3.79. The molecule has 1 N–H and O–H groups in total. The number of aromatic nitrogens is 1. The molecule has 3 rings (SSSR count). The molecule has 142 valence electrons. The first-order valence-corrected chi connectivity index (χ1v) is 9.69. The molecule has 5 nitrogen and oxygen atoms in total. The molecule has 1 amide bonds. The second kappa shape index (κ2) is 8.45. The van der Waals surface area contributed by atoms with E-state index in [0.717, 1.165) is 17.0 Å². The Kier molecular flexibility index (Phi) is 6.03. The number of amides is 1. The van der Waals surface area contributed by atoms with Crippen molar-refractivity contribution in [1.29, 1.82) is 0 Å². The predicted molar refractivity (Wildman–Crippen MR) is 107 cm³/mol. The summed E-state index contributed by atoms with van der Waals surface area (Å²) >= 11 is 1.33. The Morgan fingerprint density at radius 1 is 1.22 bits per heavy atom. The van der Waals surface area contributed by atoms with Gasteiger partial charge in [-0.2, -0.15) is 0 Å². The third-order valence-corrected chi connectivity index (χ3v) is 5.10. The minimum absolute atomic E-state index is 0.126. The van der Waals surface area contributed by atoms with E-state index in [9.17, 15) is 9.18 Å². The fourth-order valence-corrected chi connectivity index (χ4v) is 3.65. The molecule has 0 bridgehead atoms. The van der Waals surface area contributed by atoms with Crippen LogP contribution in [0, 0.1) is 5.82 Å². The van der Waals surface area contributed by atoms with Gasteiger partial charge in [0.15, 0.2) is 5.13 Å². The van der Waals surface area contributed by atoms with Gasteiger partial charge in [0.05, 0.1) is 44.0 Å². The van der Waals surface area contributed by atoms with Crippen LogP contribution in [0.3, 0.4) is 0 Å². The zero-order valence-electron chi connectivity index (χ0n) is 15.7. The number of ether oxygens (including phenoxy) is 1. The number of thiazole rings is 1. The molecule has 7 heteroatoms. The second-order valence-corrected chi connectivity index (χ2v) is 7.49. The predicted octanol–water partition coefficient (Wildman–Crippen LogP) is 2.63. The maximum Gasteiger partial charge on any atom is 0.260 e. The number of hydrogen-bond donors (Lipinski definition) is 1. The summed E-state index contributed by atoms with van der Waals surface area (Å²) in [5, 5.41) is 0.579. The summed E-state index contributed by atoms with van der Waals surface area (Å²) in [6.07, 6.45) is 0. The number of carbonyl (C=O) groups is 1. The van der Waals surface area contributed by atoms with Crippen LogP contribution in [0.4, 0.5) is 9.52 Å². The van der Waals surface area contributed by atoms with Gasteiger partial charge in [0, 0.05) is 5.56 Å². The zero-order chi connectivity index (χ0) is 19.4. The molecule has 2 aromatic carbocycles. The standard InChI is InChI=1S/C20H22FN3O2S/c1-4-26-16-8-5-14(6-9-16)19(25)24(12-11-23(2)3)20-22-17-10-7-15(21)13-18(17)27-20/h5-10,13H,4,11-12H2,1-3H3/p+1. The SMILES string of the molecule is CCOc1ccc(C(=O)N(CC[NH+](C)C)c2nc3ccc(F)cc3s2)cc1. The molecule has 0 spiro atoms. The van der Waals surface area contributed by atoms with E-state index in [1.807, 2.05) is 21.0 Å². The van der Waals surface area contributed by atoms with Gasteiger partial charge in [0.1, 0.15) is 11.6 Å². The summed E-state index contributed by atoms with van der Waals surface area (Å²) in [7, 11) is 4.07. The smallest absolute Gasteiger partial charge is 0.260 e. The Labute approximate surface area is 162 Å². The van der Waals surface area contributed by atoms with Crippen molar-refractivity contribution in [3.05, 3.63) is 53.8 Å². The molecular formula is C20H23FN3O2S+. The third-order valence-electron chi connectivity index (χ3n) is 4.06. The van der Waals surface area contributed by atoms with Gasteiger partial charge >= 0.3 is 0 Å². The van der Waals surface area contributed by atoms with Crippen molar-refractivity contribution in [2.45, 2.75) is 6.92 Å². The molecule has 0 saturated carbocycles. The zero-order valence-corrected chi connectivity index (χ0v) is 16.5. The maximum absolute atomic E-state index is 13.5. The van der Waals surface area contributed by atoms with E-state index in [1.54, 1.807) is 35.2 Å². The highest BCUT2D eigenvalue weighted by Gasteiger charge is 2.22. The van der Waals surface area contributed by atoms with Crippen molar-refractivity contribution in [3.8, 4) is 5.75 Å². The van der Waals surface area contributed by atoms with Gasteiger partial charge in [0.2, 0.25) is 0 Å². The quantitative estimate of drug-likeness (QED) is 0.677. The average Bonchev–Trinajstić information content (AvgIpc) is 3.05.